The van der Waals surface area contributed by atoms with Gasteiger partial charge in [-0.15, -0.1) is 0 Å². The molecule has 4 heteroatoms. The first-order valence-electron chi connectivity index (χ1n) is 5.19. The van der Waals surface area contributed by atoms with Crippen molar-refractivity contribution in [2.45, 2.75) is 6.10 Å². The van der Waals surface area contributed by atoms with Crippen LogP contribution in [-0.2, 0) is 4.74 Å². The van der Waals surface area contributed by atoms with Crippen molar-refractivity contribution >= 4 is 6.09 Å². The van der Waals surface area contributed by atoms with Gasteiger partial charge < -0.3 is 10.5 Å². The molecule has 1 heterocycles. The van der Waals surface area contributed by atoms with Crippen LogP contribution >= 0.6 is 0 Å². The van der Waals surface area contributed by atoms with E-state index in [2.05, 4.69) is 4.98 Å². The summed E-state index contributed by atoms with van der Waals surface area (Å²) in [5.74, 6) is 0. The van der Waals surface area contributed by atoms with Gasteiger partial charge in [-0.1, -0.05) is 36.4 Å². The first-order valence-corrected chi connectivity index (χ1v) is 5.19. The molecule has 1 aromatic carbocycles. The van der Waals surface area contributed by atoms with Gasteiger partial charge in [-0.2, -0.15) is 0 Å². The molecule has 0 spiro atoms. The van der Waals surface area contributed by atoms with Crippen LogP contribution in [0.5, 0.6) is 0 Å². The standard InChI is InChI=1S/C13H12N2O2/c14-13(16)17-12(10-6-2-1-3-7-10)11-8-4-5-9-15-11/h1-9,12H,(H2,14,16). The van der Waals surface area contributed by atoms with E-state index in [1.807, 2.05) is 36.4 Å². The Labute approximate surface area is 99.1 Å². The number of ether oxygens (including phenoxy) is 1. The summed E-state index contributed by atoms with van der Waals surface area (Å²) in [7, 11) is 0. The molecule has 0 aliphatic rings. The molecule has 0 aliphatic carbocycles. The highest BCUT2D eigenvalue weighted by molar-refractivity contribution is 5.65. The van der Waals surface area contributed by atoms with Crippen molar-refractivity contribution in [1.82, 2.24) is 4.98 Å². The van der Waals surface area contributed by atoms with Gasteiger partial charge in [0, 0.05) is 6.20 Å². The molecule has 1 amide bonds. The van der Waals surface area contributed by atoms with Gasteiger partial charge >= 0.3 is 6.09 Å². The molecule has 86 valence electrons. The van der Waals surface area contributed by atoms with Crippen molar-refractivity contribution < 1.29 is 9.53 Å². The maximum atomic E-state index is 10.9. The minimum atomic E-state index is -0.815. The maximum absolute atomic E-state index is 10.9. The molecule has 0 fully saturated rings. The van der Waals surface area contributed by atoms with Crippen molar-refractivity contribution in [2.75, 3.05) is 0 Å². The second kappa shape index (κ2) is 5.12. The fraction of sp³-hybridized carbons (Fsp3) is 0.0769. The van der Waals surface area contributed by atoms with Crippen LogP contribution in [0, 0.1) is 0 Å². The van der Waals surface area contributed by atoms with Gasteiger partial charge in [0.25, 0.3) is 0 Å². The van der Waals surface area contributed by atoms with Gasteiger partial charge in [-0.3, -0.25) is 4.98 Å². The van der Waals surface area contributed by atoms with Crippen LogP contribution in [0.25, 0.3) is 0 Å². The van der Waals surface area contributed by atoms with E-state index in [9.17, 15) is 4.79 Å². The number of aromatic nitrogens is 1. The zero-order chi connectivity index (χ0) is 12.1. The van der Waals surface area contributed by atoms with Crippen molar-refractivity contribution in [3.8, 4) is 0 Å². The first-order chi connectivity index (χ1) is 8.27. The average Bonchev–Trinajstić information content (AvgIpc) is 2.38. The molecule has 2 rings (SSSR count). The number of pyridine rings is 1. The summed E-state index contributed by atoms with van der Waals surface area (Å²) in [6.45, 7) is 0. The van der Waals surface area contributed by atoms with Gasteiger partial charge in [-0.25, -0.2) is 4.79 Å². The van der Waals surface area contributed by atoms with Crippen LogP contribution in [0.15, 0.2) is 54.7 Å². The van der Waals surface area contributed by atoms with Gasteiger partial charge in [0.2, 0.25) is 0 Å². The fourth-order valence-electron chi connectivity index (χ4n) is 1.57. The first kappa shape index (κ1) is 11.1. The Kier molecular flexibility index (Phi) is 3.35. The third-order valence-electron chi connectivity index (χ3n) is 2.29. The number of amides is 1. The fourth-order valence-corrected chi connectivity index (χ4v) is 1.57. The largest absolute Gasteiger partial charge is 0.435 e. The van der Waals surface area contributed by atoms with Crippen molar-refractivity contribution in [3.63, 3.8) is 0 Å². The number of primary amides is 1. The van der Waals surface area contributed by atoms with E-state index in [1.165, 1.54) is 0 Å². The second-order valence-electron chi connectivity index (χ2n) is 3.48. The number of rotatable bonds is 3. The number of benzene rings is 1. The number of carbonyl (C=O) groups is 1. The Bertz CT molecular complexity index is 446. The molecule has 1 aromatic heterocycles. The molecule has 0 bridgehead atoms. The highest BCUT2D eigenvalue weighted by atomic mass is 16.6. The van der Waals surface area contributed by atoms with Crippen LogP contribution in [0.4, 0.5) is 4.79 Å². The Hall–Kier alpha value is -2.36. The predicted octanol–water partition coefficient (Wildman–Crippen LogP) is 2.27. The van der Waals surface area contributed by atoms with E-state index >= 15 is 0 Å². The summed E-state index contributed by atoms with van der Waals surface area (Å²) in [6.07, 6.45) is 0.273. The summed E-state index contributed by atoms with van der Waals surface area (Å²) in [5, 5.41) is 0. The summed E-state index contributed by atoms with van der Waals surface area (Å²) >= 11 is 0. The molecular weight excluding hydrogens is 216 g/mol. The Morgan fingerprint density at radius 1 is 1.12 bits per heavy atom. The predicted molar refractivity (Wildman–Crippen MR) is 63.2 cm³/mol. The van der Waals surface area contributed by atoms with E-state index < -0.39 is 12.2 Å². The van der Waals surface area contributed by atoms with Crippen molar-refractivity contribution in [3.05, 3.63) is 66.0 Å². The van der Waals surface area contributed by atoms with Crippen LogP contribution in [0.2, 0.25) is 0 Å². The molecule has 0 radical (unpaired) electrons. The van der Waals surface area contributed by atoms with Crippen molar-refractivity contribution in [2.24, 2.45) is 5.73 Å². The topological polar surface area (TPSA) is 65.2 Å². The smallest absolute Gasteiger partial charge is 0.405 e. The van der Waals surface area contributed by atoms with Crippen LogP contribution < -0.4 is 5.73 Å². The highest BCUT2D eigenvalue weighted by Gasteiger charge is 2.18. The second-order valence-corrected chi connectivity index (χ2v) is 3.48. The SMILES string of the molecule is NC(=O)OC(c1ccccc1)c1ccccn1. The Balaban J connectivity index is 2.36. The van der Waals surface area contributed by atoms with Gasteiger partial charge in [0.1, 0.15) is 0 Å². The summed E-state index contributed by atoms with van der Waals surface area (Å²) in [4.78, 5) is 15.1. The summed E-state index contributed by atoms with van der Waals surface area (Å²) in [6, 6.07) is 14.8. The normalized spacial score (nSPS) is 11.8. The van der Waals surface area contributed by atoms with E-state index in [0.717, 1.165) is 5.56 Å². The number of carbonyl (C=O) groups excluding carboxylic acids is 1. The molecule has 1 unspecified atom stereocenters. The van der Waals surface area contributed by atoms with E-state index in [0.29, 0.717) is 5.69 Å². The summed E-state index contributed by atoms with van der Waals surface area (Å²) < 4.78 is 5.10. The van der Waals surface area contributed by atoms with E-state index in [-0.39, 0.29) is 0 Å². The Morgan fingerprint density at radius 3 is 2.41 bits per heavy atom. The number of nitrogens with two attached hydrogens (primary N) is 1. The maximum Gasteiger partial charge on any atom is 0.405 e. The molecule has 0 aliphatic heterocycles. The van der Waals surface area contributed by atoms with Crippen LogP contribution in [0.1, 0.15) is 17.4 Å². The Morgan fingerprint density at radius 2 is 1.82 bits per heavy atom. The molecule has 0 saturated carbocycles. The molecule has 17 heavy (non-hydrogen) atoms. The van der Waals surface area contributed by atoms with E-state index in [1.54, 1.807) is 18.3 Å². The molecular formula is C13H12N2O2. The number of hydrogen-bond acceptors (Lipinski definition) is 3. The van der Waals surface area contributed by atoms with Crippen LogP contribution in [-0.4, -0.2) is 11.1 Å². The van der Waals surface area contributed by atoms with Gasteiger partial charge in [0.05, 0.1) is 5.69 Å². The average molecular weight is 228 g/mol. The lowest BCUT2D eigenvalue weighted by Crippen LogP contribution is -2.18. The molecule has 1 atom stereocenters. The minimum Gasteiger partial charge on any atom is -0.435 e. The van der Waals surface area contributed by atoms with Crippen molar-refractivity contribution in [1.29, 1.82) is 0 Å². The quantitative estimate of drug-likeness (QED) is 0.876. The third-order valence-corrected chi connectivity index (χ3v) is 2.29. The third kappa shape index (κ3) is 2.81. The lowest BCUT2D eigenvalue weighted by atomic mass is 10.1. The molecule has 0 saturated heterocycles. The monoisotopic (exact) mass is 228 g/mol. The van der Waals surface area contributed by atoms with Gasteiger partial charge in [0.15, 0.2) is 6.10 Å². The zero-order valence-corrected chi connectivity index (χ0v) is 9.11. The molecule has 2 aromatic rings. The summed E-state index contributed by atoms with van der Waals surface area (Å²) in [5.41, 5.74) is 6.57. The zero-order valence-electron chi connectivity index (χ0n) is 9.11. The number of hydrogen-bond donors (Lipinski definition) is 1. The lowest BCUT2D eigenvalue weighted by molar-refractivity contribution is 0.124. The molecule has 2 N–H and O–H groups in total. The van der Waals surface area contributed by atoms with Crippen LogP contribution in [0.3, 0.4) is 0 Å². The van der Waals surface area contributed by atoms with Gasteiger partial charge in [-0.05, 0) is 17.7 Å². The number of nitrogens with zero attached hydrogens (tertiary/aromatic N) is 1. The minimum absolute atomic E-state index is 0.560. The lowest BCUT2D eigenvalue weighted by Gasteiger charge is -2.16. The van der Waals surface area contributed by atoms with E-state index in [4.69, 9.17) is 10.5 Å². The molecule has 4 nitrogen and oxygen atoms in total. The highest BCUT2D eigenvalue weighted by Crippen LogP contribution is 2.23.